The molecular weight excluding hydrogens is 466 g/mol. The van der Waals surface area contributed by atoms with E-state index in [-0.39, 0.29) is 17.7 Å². The summed E-state index contributed by atoms with van der Waals surface area (Å²) in [5.41, 5.74) is 5.17. The van der Waals surface area contributed by atoms with Crippen LogP contribution in [0, 0.1) is 0 Å². The van der Waals surface area contributed by atoms with Gasteiger partial charge in [0.2, 0.25) is 0 Å². The number of benzene rings is 2. The van der Waals surface area contributed by atoms with Gasteiger partial charge in [-0.05, 0) is 68.6 Å². The highest BCUT2D eigenvalue weighted by Crippen LogP contribution is 2.34. The number of nitrogens with zero attached hydrogens (tertiary/aromatic N) is 3. The summed E-state index contributed by atoms with van der Waals surface area (Å²) in [6, 6.07) is 14.5. The molecule has 9 nitrogen and oxygen atoms in total. The number of rotatable bonds is 9. The summed E-state index contributed by atoms with van der Waals surface area (Å²) in [5.74, 6) is -0.902. The minimum atomic E-state index is -4.04. The molecule has 1 saturated heterocycles. The van der Waals surface area contributed by atoms with Crippen LogP contribution in [-0.2, 0) is 21.1 Å². The first-order valence-corrected chi connectivity index (χ1v) is 13.4. The second-order valence-corrected chi connectivity index (χ2v) is 11.1. The number of amides is 1. The van der Waals surface area contributed by atoms with E-state index in [4.69, 9.17) is 0 Å². The first kappa shape index (κ1) is 25.0. The molecule has 0 bridgehead atoms. The fourth-order valence-corrected chi connectivity index (χ4v) is 6.47. The fourth-order valence-electron chi connectivity index (χ4n) is 4.50. The van der Waals surface area contributed by atoms with Crippen LogP contribution in [0.25, 0.3) is 16.9 Å². The van der Waals surface area contributed by atoms with Crippen molar-refractivity contribution in [1.82, 2.24) is 25.8 Å². The van der Waals surface area contributed by atoms with Crippen LogP contribution < -0.4 is 10.8 Å². The first-order chi connectivity index (χ1) is 16.9. The lowest BCUT2D eigenvalue weighted by atomic mass is 9.96. The molecule has 10 heteroatoms. The topological polar surface area (TPSA) is 126 Å². The summed E-state index contributed by atoms with van der Waals surface area (Å²) in [4.78, 5) is 12.5. The number of aromatic nitrogens is 3. The standard InChI is InChI=1S/C25H31N5O4S/c1-2-3-4-5-19-6-8-20(9-7-19)23-18-30(29-27-23)21-10-12-22(13-11-21)35(33,34)25(24(31)28-32)14-16-26-17-15-25/h6-13,18,26,32H,2-5,14-17H2,1H3,(H,28,31). The Kier molecular flexibility index (Phi) is 7.63. The maximum absolute atomic E-state index is 13.4. The van der Waals surface area contributed by atoms with E-state index in [0.717, 1.165) is 17.7 Å². The van der Waals surface area contributed by atoms with E-state index < -0.39 is 20.5 Å². The second kappa shape index (κ2) is 10.7. The largest absolute Gasteiger partial charge is 0.317 e. The van der Waals surface area contributed by atoms with Gasteiger partial charge in [0.05, 0.1) is 16.8 Å². The van der Waals surface area contributed by atoms with Gasteiger partial charge in [0.15, 0.2) is 14.6 Å². The lowest BCUT2D eigenvalue weighted by Crippen LogP contribution is -2.57. The number of hydrogen-bond donors (Lipinski definition) is 3. The molecule has 186 valence electrons. The Morgan fingerprint density at radius 3 is 2.40 bits per heavy atom. The third kappa shape index (κ3) is 5.00. The van der Waals surface area contributed by atoms with Gasteiger partial charge in [-0.25, -0.2) is 18.6 Å². The smallest absolute Gasteiger partial charge is 0.265 e. The summed E-state index contributed by atoms with van der Waals surface area (Å²) < 4.78 is 26.7. The number of piperidine rings is 1. The summed E-state index contributed by atoms with van der Waals surface area (Å²) >= 11 is 0. The van der Waals surface area contributed by atoms with Crippen molar-refractivity contribution in [3.05, 3.63) is 60.3 Å². The number of carbonyl (C=O) groups excluding carboxylic acids is 1. The van der Waals surface area contributed by atoms with Crippen molar-refractivity contribution >= 4 is 15.7 Å². The zero-order valence-electron chi connectivity index (χ0n) is 19.8. The Bertz CT molecular complexity index is 1250. The monoisotopic (exact) mass is 497 g/mol. The highest BCUT2D eigenvalue weighted by atomic mass is 32.2. The van der Waals surface area contributed by atoms with Gasteiger partial charge < -0.3 is 5.32 Å². The zero-order chi connectivity index (χ0) is 24.9. The molecule has 3 N–H and O–H groups in total. The van der Waals surface area contributed by atoms with Crippen molar-refractivity contribution < 1.29 is 18.4 Å². The van der Waals surface area contributed by atoms with Crippen LogP contribution in [0.4, 0.5) is 0 Å². The third-order valence-corrected chi connectivity index (χ3v) is 9.18. The number of hydrogen-bond acceptors (Lipinski definition) is 7. The van der Waals surface area contributed by atoms with Crippen molar-refractivity contribution in [2.24, 2.45) is 0 Å². The maximum atomic E-state index is 13.4. The van der Waals surface area contributed by atoms with Crippen molar-refractivity contribution in [2.75, 3.05) is 13.1 Å². The minimum absolute atomic E-state index is 0.0192. The van der Waals surface area contributed by atoms with Crippen molar-refractivity contribution in [1.29, 1.82) is 0 Å². The lowest BCUT2D eigenvalue weighted by Gasteiger charge is -2.34. The first-order valence-electron chi connectivity index (χ1n) is 11.9. The predicted molar refractivity (Wildman–Crippen MR) is 132 cm³/mol. The quantitative estimate of drug-likeness (QED) is 0.236. The fraction of sp³-hybridized carbons (Fsp3) is 0.400. The molecule has 3 aromatic rings. The highest BCUT2D eigenvalue weighted by molar-refractivity contribution is 7.93. The van der Waals surface area contributed by atoms with Crippen LogP contribution in [0.5, 0.6) is 0 Å². The summed E-state index contributed by atoms with van der Waals surface area (Å²) in [6.45, 7) is 2.93. The summed E-state index contributed by atoms with van der Waals surface area (Å²) in [6.07, 6.45) is 6.62. The van der Waals surface area contributed by atoms with Crippen LogP contribution in [0.15, 0.2) is 59.6 Å². The van der Waals surface area contributed by atoms with Crippen molar-refractivity contribution in [2.45, 2.75) is 55.1 Å². The van der Waals surface area contributed by atoms with Gasteiger partial charge in [0.1, 0.15) is 5.69 Å². The molecule has 0 atom stereocenters. The molecule has 0 spiro atoms. The molecule has 0 unspecified atom stereocenters. The number of carbonyl (C=O) groups is 1. The van der Waals surface area contributed by atoms with Gasteiger partial charge in [-0.1, -0.05) is 49.2 Å². The second-order valence-electron chi connectivity index (χ2n) is 8.88. The number of sulfone groups is 1. The molecule has 1 fully saturated rings. The van der Waals surface area contributed by atoms with Gasteiger partial charge >= 0.3 is 0 Å². The third-order valence-electron chi connectivity index (χ3n) is 6.66. The molecule has 4 rings (SSSR count). The van der Waals surface area contributed by atoms with E-state index in [9.17, 15) is 18.4 Å². The van der Waals surface area contributed by atoms with E-state index in [2.05, 4.69) is 34.7 Å². The van der Waals surface area contributed by atoms with Crippen LogP contribution in [0.3, 0.4) is 0 Å². The summed E-state index contributed by atoms with van der Waals surface area (Å²) in [7, 11) is -4.04. The molecular formula is C25H31N5O4S. The molecule has 1 aromatic heterocycles. The number of aryl methyl sites for hydroxylation is 1. The van der Waals surface area contributed by atoms with E-state index in [0.29, 0.717) is 18.8 Å². The molecule has 35 heavy (non-hydrogen) atoms. The number of hydroxylamine groups is 1. The molecule has 2 heterocycles. The van der Waals surface area contributed by atoms with Crippen LogP contribution in [0.1, 0.15) is 44.6 Å². The molecule has 0 aliphatic carbocycles. The lowest BCUT2D eigenvalue weighted by molar-refractivity contribution is -0.132. The van der Waals surface area contributed by atoms with E-state index in [1.165, 1.54) is 37.0 Å². The van der Waals surface area contributed by atoms with Gasteiger partial charge in [0.25, 0.3) is 5.91 Å². The van der Waals surface area contributed by atoms with Crippen LogP contribution in [0.2, 0.25) is 0 Å². The number of nitrogens with one attached hydrogen (secondary N) is 2. The van der Waals surface area contributed by atoms with Crippen molar-refractivity contribution in [3.8, 4) is 16.9 Å². The van der Waals surface area contributed by atoms with Gasteiger partial charge in [0, 0.05) is 5.56 Å². The SMILES string of the molecule is CCCCCc1ccc(-c2cn(-c3ccc(S(=O)(=O)C4(C(=O)NO)CCNCC4)cc3)nn2)cc1. The van der Waals surface area contributed by atoms with E-state index >= 15 is 0 Å². The van der Waals surface area contributed by atoms with E-state index in [1.807, 2.05) is 12.1 Å². The molecule has 1 amide bonds. The Morgan fingerprint density at radius 1 is 1.09 bits per heavy atom. The molecule has 1 aliphatic rings. The molecule has 0 radical (unpaired) electrons. The molecule has 1 aliphatic heterocycles. The van der Waals surface area contributed by atoms with Crippen LogP contribution >= 0.6 is 0 Å². The van der Waals surface area contributed by atoms with Gasteiger partial charge in [-0.2, -0.15) is 0 Å². The van der Waals surface area contributed by atoms with Crippen LogP contribution in [-0.4, -0.2) is 52.4 Å². The predicted octanol–water partition coefficient (Wildman–Crippen LogP) is 3.07. The summed E-state index contributed by atoms with van der Waals surface area (Å²) in [5, 5.41) is 20.7. The Balaban J connectivity index is 1.53. The molecule has 2 aromatic carbocycles. The van der Waals surface area contributed by atoms with Crippen molar-refractivity contribution in [3.63, 3.8) is 0 Å². The maximum Gasteiger partial charge on any atom is 0.265 e. The highest BCUT2D eigenvalue weighted by Gasteiger charge is 2.51. The Morgan fingerprint density at radius 2 is 1.77 bits per heavy atom. The Hall–Kier alpha value is -3.08. The van der Waals surface area contributed by atoms with Gasteiger partial charge in [-0.3, -0.25) is 10.0 Å². The number of unbranched alkanes of at least 4 members (excludes halogenated alkanes) is 2. The average molecular weight is 498 g/mol. The minimum Gasteiger partial charge on any atom is -0.317 e. The zero-order valence-corrected chi connectivity index (χ0v) is 20.6. The van der Waals surface area contributed by atoms with Gasteiger partial charge in [-0.15, -0.1) is 5.10 Å². The van der Waals surface area contributed by atoms with E-state index in [1.54, 1.807) is 28.5 Å². The Labute approximate surface area is 205 Å². The molecule has 0 saturated carbocycles. The normalized spacial score (nSPS) is 15.6. The average Bonchev–Trinajstić information content (AvgIpc) is 3.39.